The lowest BCUT2D eigenvalue weighted by atomic mass is 9.73. The summed E-state index contributed by atoms with van der Waals surface area (Å²) in [5.41, 5.74) is -1.78. The number of hydrogen-bond donors (Lipinski definition) is 1. The first kappa shape index (κ1) is 18.8. The third-order valence-electron chi connectivity index (χ3n) is 4.11. The molecule has 5 nitrogen and oxygen atoms in total. The fraction of sp³-hybridized carbons (Fsp3) is 0.400. The van der Waals surface area contributed by atoms with Crippen LogP contribution < -0.4 is 10.1 Å². The number of nitrogens with one attached hydrogen (secondary N) is 1. The quantitative estimate of drug-likeness (QED) is 0.223. The van der Waals surface area contributed by atoms with Crippen molar-refractivity contribution in [2.75, 3.05) is 0 Å². The van der Waals surface area contributed by atoms with E-state index in [0.717, 1.165) is 13.8 Å². The van der Waals surface area contributed by atoms with E-state index in [2.05, 4.69) is 4.74 Å². The van der Waals surface area contributed by atoms with Crippen LogP contribution in [-0.4, -0.2) is 17.8 Å². The summed E-state index contributed by atoms with van der Waals surface area (Å²) in [5.74, 6) is -18.5. The Morgan fingerprint density at radius 1 is 0.920 bits per heavy atom. The van der Waals surface area contributed by atoms with Crippen molar-refractivity contribution in [3.8, 4) is 5.75 Å². The highest BCUT2D eigenvalue weighted by Gasteiger charge is 2.52. The molecule has 1 aliphatic heterocycles. The number of hydrogen-bond acceptors (Lipinski definition) is 4. The molecule has 0 aromatic heterocycles. The number of ether oxygens (including phenoxy) is 1. The third-order valence-corrected chi connectivity index (χ3v) is 4.11. The molecule has 1 fully saturated rings. The molecule has 136 valence electrons. The first-order chi connectivity index (χ1) is 11.4. The highest BCUT2D eigenvalue weighted by atomic mass is 19.2. The van der Waals surface area contributed by atoms with Crippen molar-refractivity contribution in [3.63, 3.8) is 0 Å². The Bertz CT molecular complexity index is 764. The van der Waals surface area contributed by atoms with Crippen LogP contribution in [0, 0.1) is 46.3 Å². The number of esters is 1. The van der Waals surface area contributed by atoms with Gasteiger partial charge in [-0.3, -0.25) is 19.7 Å². The van der Waals surface area contributed by atoms with Gasteiger partial charge in [0.1, 0.15) is 0 Å². The number of carbonyl (C=O) groups is 3. The van der Waals surface area contributed by atoms with Crippen LogP contribution in [0.2, 0.25) is 0 Å². The standard InChI is InChI=1S/C15H12F5NO4/c1-4-5(13(23)21-12(4)22)15(2,3)14(24)25-11-9(19)7(17)6(16)8(18)10(11)20/h4-5H,1-3H3,(H,21,22,23). The lowest BCUT2D eigenvalue weighted by Crippen LogP contribution is -2.42. The van der Waals surface area contributed by atoms with Gasteiger partial charge < -0.3 is 4.74 Å². The maximum absolute atomic E-state index is 13.6. The molecule has 0 bridgehead atoms. The van der Waals surface area contributed by atoms with E-state index in [-0.39, 0.29) is 0 Å². The summed E-state index contributed by atoms with van der Waals surface area (Å²) < 4.78 is 70.9. The van der Waals surface area contributed by atoms with E-state index in [1.165, 1.54) is 6.92 Å². The average molecular weight is 365 g/mol. The van der Waals surface area contributed by atoms with E-state index >= 15 is 0 Å². The Morgan fingerprint density at radius 3 is 1.76 bits per heavy atom. The lowest BCUT2D eigenvalue weighted by molar-refractivity contribution is -0.151. The fourth-order valence-corrected chi connectivity index (χ4v) is 2.67. The molecule has 1 heterocycles. The molecular weight excluding hydrogens is 353 g/mol. The zero-order valence-corrected chi connectivity index (χ0v) is 13.2. The van der Waals surface area contributed by atoms with E-state index < -0.39 is 69.9 Å². The van der Waals surface area contributed by atoms with E-state index in [9.17, 15) is 36.3 Å². The molecule has 1 N–H and O–H groups in total. The highest BCUT2D eigenvalue weighted by molar-refractivity contribution is 6.07. The highest BCUT2D eigenvalue weighted by Crippen LogP contribution is 2.39. The third kappa shape index (κ3) is 2.85. The van der Waals surface area contributed by atoms with Crippen molar-refractivity contribution >= 4 is 17.8 Å². The van der Waals surface area contributed by atoms with Crippen molar-refractivity contribution in [2.45, 2.75) is 20.8 Å². The van der Waals surface area contributed by atoms with Gasteiger partial charge in [-0.2, -0.15) is 8.78 Å². The maximum atomic E-state index is 13.6. The van der Waals surface area contributed by atoms with Crippen LogP contribution in [0.4, 0.5) is 22.0 Å². The van der Waals surface area contributed by atoms with Crippen molar-refractivity contribution < 1.29 is 41.1 Å². The molecular formula is C15H12F5NO4. The summed E-state index contributed by atoms with van der Waals surface area (Å²) in [4.78, 5) is 35.6. The summed E-state index contributed by atoms with van der Waals surface area (Å²) in [6.07, 6.45) is 0. The van der Waals surface area contributed by atoms with Gasteiger partial charge in [-0.15, -0.1) is 0 Å². The molecule has 0 saturated carbocycles. The van der Waals surface area contributed by atoms with Crippen LogP contribution in [0.15, 0.2) is 0 Å². The van der Waals surface area contributed by atoms with Gasteiger partial charge in [-0.1, -0.05) is 6.92 Å². The molecule has 1 aromatic rings. The van der Waals surface area contributed by atoms with Crippen LogP contribution in [0.25, 0.3) is 0 Å². The Labute approximate surface area is 138 Å². The van der Waals surface area contributed by atoms with Crippen molar-refractivity contribution in [1.29, 1.82) is 0 Å². The smallest absolute Gasteiger partial charge is 0.317 e. The molecule has 10 heteroatoms. The molecule has 2 amide bonds. The Kier molecular flexibility index (Phi) is 4.58. The zero-order valence-electron chi connectivity index (χ0n) is 13.2. The minimum atomic E-state index is -2.40. The summed E-state index contributed by atoms with van der Waals surface area (Å²) in [6.45, 7) is 3.65. The van der Waals surface area contributed by atoms with Gasteiger partial charge in [0.15, 0.2) is 0 Å². The molecule has 1 aliphatic rings. The summed E-state index contributed by atoms with van der Waals surface area (Å²) in [6, 6.07) is 0. The zero-order chi connectivity index (χ0) is 19.3. The van der Waals surface area contributed by atoms with Crippen LogP contribution in [0.3, 0.4) is 0 Å². The number of halogens is 5. The molecule has 0 radical (unpaired) electrons. The lowest BCUT2D eigenvalue weighted by Gasteiger charge is -2.29. The van der Waals surface area contributed by atoms with E-state index in [0.29, 0.717) is 0 Å². The van der Waals surface area contributed by atoms with Gasteiger partial charge in [0.2, 0.25) is 46.6 Å². The first-order valence-corrected chi connectivity index (χ1v) is 6.99. The van der Waals surface area contributed by atoms with Gasteiger partial charge in [0.05, 0.1) is 11.3 Å². The largest absolute Gasteiger partial charge is 0.420 e. The molecule has 0 spiro atoms. The maximum Gasteiger partial charge on any atom is 0.317 e. The number of carbonyl (C=O) groups excluding carboxylic acids is 3. The molecule has 2 atom stereocenters. The van der Waals surface area contributed by atoms with Gasteiger partial charge in [-0.25, -0.2) is 13.2 Å². The van der Waals surface area contributed by atoms with E-state index in [4.69, 9.17) is 0 Å². The summed E-state index contributed by atoms with van der Waals surface area (Å²) >= 11 is 0. The van der Waals surface area contributed by atoms with Crippen LogP contribution in [-0.2, 0) is 14.4 Å². The normalized spacial score (nSPS) is 20.6. The summed E-state index contributed by atoms with van der Waals surface area (Å²) in [5, 5.41) is 1.99. The second kappa shape index (κ2) is 6.08. The first-order valence-electron chi connectivity index (χ1n) is 6.99. The molecule has 1 aromatic carbocycles. The Hall–Kier alpha value is -2.52. The van der Waals surface area contributed by atoms with Crippen LogP contribution in [0.5, 0.6) is 5.75 Å². The number of amides is 2. The number of imide groups is 1. The van der Waals surface area contributed by atoms with Gasteiger partial charge in [0.25, 0.3) is 0 Å². The van der Waals surface area contributed by atoms with Gasteiger partial charge in [0, 0.05) is 5.92 Å². The van der Waals surface area contributed by atoms with E-state index in [1.54, 1.807) is 0 Å². The van der Waals surface area contributed by atoms with Crippen molar-refractivity contribution in [1.82, 2.24) is 5.32 Å². The fourth-order valence-electron chi connectivity index (χ4n) is 2.67. The average Bonchev–Trinajstić information content (AvgIpc) is 2.80. The predicted octanol–water partition coefficient (Wildman–Crippen LogP) is 2.22. The second-order valence-corrected chi connectivity index (χ2v) is 6.13. The monoisotopic (exact) mass is 365 g/mol. The Morgan fingerprint density at radius 2 is 1.36 bits per heavy atom. The van der Waals surface area contributed by atoms with Crippen molar-refractivity contribution in [2.24, 2.45) is 17.3 Å². The number of benzene rings is 1. The predicted molar refractivity (Wildman–Crippen MR) is 71.5 cm³/mol. The minimum absolute atomic E-state index is 0.660. The van der Waals surface area contributed by atoms with Gasteiger partial charge in [-0.05, 0) is 13.8 Å². The molecule has 2 rings (SSSR count). The van der Waals surface area contributed by atoms with Gasteiger partial charge >= 0.3 is 5.97 Å². The van der Waals surface area contributed by atoms with E-state index in [1.807, 2.05) is 5.32 Å². The van der Waals surface area contributed by atoms with Crippen LogP contribution >= 0.6 is 0 Å². The Balaban J connectivity index is 2.40. The summed E-state index contributed by atoms with van der Waals surface area (Å²) in [7, 11) is 0. The van der Waals surface area contributed by atoms with Crippen LogP contribution in [0.1, 0.15) is 20.8 Å². The second-order valence-electron chi connectivity index (χ2n) is 6.13. The number of rotatable bonds is 3. The molecule has 1 saturated heterocycles. The molecule has 2 unspecified atom stereocenters. The SMILES string of the molecule is CC1C(=O)NC(=O)C1C(C)(C)C(=O)Oc1c(F)c(F)c(F)c(F)c1F. The van der Waals surface area contributed by atoms with Crippen molar-refractivity contribution in [3.05, 3.63) is 29.1 Å². The minimum Gasteiger partial charge on any atom is -0.420 e. The molecule has 25 heavy (non-hydrogen) atoms. The topological polar surface area (TPSA) is 72.5 Å². The molecule has 0 aliphatic carbocycles.